The maximum atomic E-state index is 12.0. The third-order valence-corrected chi connectivity index (χ3v) is 4.37. The first-order chi connectivity index (χ1) is 11.9. The van der Waals surface area contributed by atoms with Crippen LogP contribution >= 0.6 is 23.4 Å². The number of benzene rings is 1. The molecule has 0 atom stereocenters. The molecular weight excluding hydrogens is 360 g/mol. The molecule has 0 spiro atoms. The minimum absolute atomic E-state index is 0.222. The van der Waals surface area contributed by atoms with Gasteiger partial charge >= 0.3 is 0 Å². The predicted molar refractivity (Wildman–Crippen MR) is 98.7 cm³/mol. The quantitative estimate of drug-likeness (QED) is 0.475. The van der Waals surface area contributed by atoms with Crippen molar-refractivity contribution in [1.82, 2.24) is 20.8 Å². The average Bonchev–Trinajstić information content (AvgIpc) is 2.58. The number of nitrogens with one attached hydrogen (secondary N) is 2. The molecule has 0 saturated carbocycles. The highest BCUT2D eigenvalue weighted by Gasteiger charge is 2.12. The molecule has 0 saturated heterocycles. The smallest absolute Gasteiger partial charge is 0.269 e. The molecule has 2 N–H and O–H groups in total. The number of aryl methyl sites for hydroxylation is 2. The van der Waals surface area contributed by atoms with Gasteiger partial charge in [0, 0.05) is 28.4 Å². The molecule has 2 rings (SSSR count). The number of carbonyl (C=O) groups is 2. The van der Waals surface area contributed by atoms with Gasteiger partial charge in [-0.15, -0.1) is 0 Å². The summed E-state index contributed by atoms with van der Waals surface area (Å²) in [6.45, 7) is 3.81. The number of thioether (sulfide) groups is 1. The third-order valence-electron chi connectivity index (χ3n) is 3.59. The Morgan fingerprint density at radius 3 is 2.44 bits per heavy atom. The molecule has 0 aliphatic heterocycles. The summed E-state index contributed by atoms with van der Waals surface area (Å²) in [5.41, 5.74) is 7.85. The zero-order valence-corrected chi connectivity index (χ0v) is 15.8. The lowest BCUT2D eigenvalue weighted by Crippen LogP contribution is -2.41. The minimum atomic E-state index is -0.420. The van der Waals surface area contributed by atoms with Crippen molar-refractivity contribution in [2.45, 2.75) is 31.8 Å². The lowest BCUT2D eigenvalue weighted by atomic mass is 10.1. The SMILES string of the molecule is CSc1nc(C)c(CCC(=O)NNC(=O)c2cccc(Cl)c2)c(C)n1. The van der Waals surface area contributed by atoms with E-state index in [1.54, 1.807) is 18.2 Å². The van der Waals surface area contributed by atoms with Gasteiger partial charge < -0.3 is 0 Å². The van der Waals surface area contributed by atoms with Crippen molar-refractivity contribution in [3.05, 3.63) is 51.8 Å². The van der Waals surface area contributed by atoms with Crippen LogP contribution in [0.1, 0.15) is 33.7 Å². The van der Waals surface area contributed by atoms with Gasteiger partial charge in [0.25, 0.3) is 5.91 Å². The Morgan fingerprint density at radius 2 is 1.84 bits per heavy atom. The summed E-state index contributed by atoms with van der Waals surface area (Å²) in [6.07, 6.45) is 2.65. The first-order valence-corrected chi connectivity index (χ1v) is 9.24. The molecule has 1 aromatic heterocycles. The van der Waals surface area contributed by atoms with Crippen molar-refractivity contribution in [2.24, 2.45) is 0 Å². The van der Waals surface area contributed by atoms with Crippen LogP contribution in [0.4, 0.5) is 0 Å². The molecule has 1 heterocycles. The number of amides is 2. The molecule has 0 unspecified atom stereocenters. The summed E-state index contributed by atoms with van der Waals surface area (Å²) < 4.78 is 0. The fourth-order valence-electron chi connectivity index (χ4n) is 2.29. The molecule has 0 radical (unpaired) electrons. The summed E-state index contributed by atoms with van der Waals surface area (Å²) in [4.78, 5) is 32.7. The monoisotopic (exact) mass is 378 g/mol. The van der Waals surface area contributed by atoms with Crippen molar-refractivity contribution in [1.29, 1.82) is 0 Å². The molecule has 132 valence electrons. The van der Waals surface area contributed by atoms with Crippen LogP contribution in [0.3, 0.4) is 0 Å². The van der Waals surface area contributed by atoms with E-state index in [2.05, 4.69) is 20.8 Å². The van der Waals surface area contributed by atoms with Gasteiger partial charge in [-0.2, -0.15) is 0 Å². The Morgan fingerprint density at radius 1 is 1.16 bits per heavy atom. The fraction of sp³-hybridized carbons (Fsp3) is 0.294. The first kappa shape index (κ1) is 19.2. The third kappa shape index (κ3) is 5.44. The van der Waals surface area contributed by atoms with Crippen molar-refractivity contribution < 1.29 is 9.59 Å². The van der Waals surface area contributed by atoms with E-state index in [9.17, 15) is 9.59 Å². The summed E-state index contributed by atoms with van der Waals surface area (Å²) in [5.74, 6) is -0.709. The van der Waals surface area contributed by atoms with Gasteiger partial charge in [0.2, 0.25) is 5.91 Å². The highest BCUT2D eigenvalue weighted by atomic mass is 35.5. The van der Waals surface area contributed by atoms with E-state index in [1.165, 1.54) is 17.8 Å². The van der Waals surface area contributed by atoms with Crippen molar-refractivity contribution in [3.63, 3.8) is 0 Å². The molecule has 2 amide bonds. The summed E-state index contributed by atoms with van der Waals surface area (Å²) in [6, 6.07) is 6.49. The Balaban J connectivity index is 1.88. The van der Waals surface area contributed by atoms with E-state index < -0.39 is 5.91 Å². The van der Waals surface area contributed by atoms with Crippen molar-refractivity contribution in [2.75, 3.05) is 6.26 Å². The van der Waals surface area contributed by atoms with Gasteiger partial charge in [-0.05, 0) is 50.3 Å². The van der Waals surface area contributed by atoms with E-state index >= 15 is 0 Å². The predicted octanol–water partition coefficient (Wildman–Crippen LogP) is 2.86. The fourth-order valence-corrected chi connectivity index (χ4v) is 2.94. The number of aromatic nitrogens is 2. The van der Waals surface area contributed by atoms with Gasteiger partial charge in [-0.1, -0.05) is 29.4 Å². The van der Waals surface area contributed by atoms with Gasteiger partial charge in [0.05, 0.1) is 0 Å². The van der Waals surface area contributed by atoms with E-state index in [1.807, 2.05) is 20.1 Å². The molecule has 2 aromatic rings. The lowest BCUT2D eigenvalue weighted by Gasteiger charge is -2.11. The number of hydrogen-bond acceptors (Lipinski definition) is 5. The van der Waals surface area contributed by atoms with E-state index in [4.69, 9.17) is 11.6 Å². The van der Waals surface area contributed by atoms with E-state index in [0.717, 1.165) is 22.1 Å². The van der Waals surface area contributed by atoms with Crippen LogP contribution in [0.15, 0.2) is 29.4 Å². The van der Waals surface area contributed by atoms with Gasteiger partial charge in [-0.3, -0.25) is 20.4 Å². The van der Waals surface area contributed by atoms with Crippen molar-refractivity contribution in [3.8, 4) is 0 Å². The van der Waals surface area contributed by atoms with Crippen LogP contribution in [0.5, 0.6) is 0 Å². The average molecular weight is 379 g/mol. The zero-order valence-electron chi connectivity index (χ0n) is 14.2. The number of hydrazine groups is 1. The highest BCUT2D eigenvalue weighted by molar-refractivity contribution is 7.98. The standard InChI is InChI=1S/C17H19ClN4O2S/c1-10-14(11(2)20-17(19-10)25-3)7-8-15(23)21-22-16(24)12-5-4-6-13(18)9-12/h4-6,9H,7-8H2,1-3H3,(H,21,23)(H,22,24). The summed E-state index contributed by atoms with van der Waals surface area (Å²) in [5, 5.41) is 1.18. The maximum Gasteiger partial charge on any atom is 0.269 e. The Labute approximate surface area is 155 Å². The van der Waals surface area contributed by atoms with Crippen LogP contribution in [0, 0.1) is 13.8 Å². The molecule has 0 fully saturated rings. The Bertz CT molecular complexity index is 775. The van der Waals surface area contributed by atoms with E-state index in [-0.39, 0.29) is 12.3 Å². The summed E-state index contributed by atoms with van der Waals surface area (Å²) >= 11 is 7.32. The number of carbonyl (C=O) groups excluding carboxylic acids is 2. The largest absolute Gasteiger partial charge is 0.273 e. The Hall–Kier alpha value is -2.12. The molecule has 6 nitrogen and oxygen atoms in total. The molecule has 25 heavy (non-hydrogen) atoms. The number of hydrogen-bond donors (Lipinski definition) is 2. The number of rotatable bonds is 5. The molecule has 1 aromatic carbocycles. The van der Waals surface area contributed by atoms with Gasteiger partial charge in [0.15, 0.2) is 5.16 Å². The second-order valence-electron chi connectivity index (χ2n) is 5.37. The maximum absolute atomic E-state index is 12.0. The van der Waals surface area contributed by atoms with Crippen LogP contribution in [-0.2, 0) is 11.2 Å². The lowest BCUT2D eigenvalue weighted by molar-refractivity contribution is -0.121. The topological polar surface area (TPSA) is 84.0 Å². The second-order valence-corrected chi connectivity index (χ2v) is 6.58. The van der Waals surface area contributed by atoms with Crippen LogP contribution in [0.2, 0.25) is 5.02 Å². The minimum Gasteiger partial charge on any atom is -0.273 e. The molecular formula is C17H19ClN4O2S. The first-order valence-electron chi connectivity index (χ1n) is 7.63. The number of nitrogens with zero attached hydrogens (tertiary/aromatic N) is 2. The van der Waals surface area contributed by atoms with Crippen LogP contribution in [-0.4, -0.2) is 28.0 Å². The van der Waals surface area contributed by atoms with Crippen molar-refractivity contribution >= 4 is 35.2 Å². The zero-order chi connectivity index (χ0) is 18.4. The van der Waals surface area contributed by atoms with E-state index in [0.29, 0.717) is 17.0 Å². The summed E-state index contributed by atoms with van der Waals surface area (Å²) in [7, 11) is 0. The highest BCUT2D eigenvalue weighted by Crippen LogP contribution is 2.17. The van der Waals surface area contributed by atoms with Crippen LogP contribution < -0.4 is 10.9 Å². The van der Waals surface area contributed by atoms with Gasteiger partial charge in [0.1, 0.15) is 0 Å². The molecule has 0 aliphatic rings. The molecule has 8 heteroatoms. The Kier molecular flexibility index (Phi) is 6.78. The molecule has 0 aliphatic carbocycles. The second kappa shape index (κ2) is 8.82. The van der Waals surface area contributed by atoms with Crippen LogP contribution in [0.25, 0.3) is 0 Å². The molecule has 0 bridgehead atoms. The normalized spacial score (nSPS) is 10.4. The number of halogens is 1. The van der Waals surface area contributed by atoms with Gasteiger partial charge in [-0.25, -0.2) is 9.97 Å².